The second kappa shape index (κ2) is 6.48. The molecule has 1 aliphatic carbocycles. The Bertz CT molecular complexity index is 546. The molecule has 5 heteroatoms. The van der Waals surface area contributed by atoms with Gasteiger partial charge in [-0.3, -0.25) is 9.59 Å². The van der Waals surface area contributed by atoms with E-state index in [1.165, 1.54) is 0 Å². The van der Waals surface area contributed by atoms with Crippen LogP contribution in [0.5, 0.6) is 0 Å². The maximum absolute atomic E-state index is 12.0. The summed E-state index contributed by atoms with van der Waals surface area (Å²) in [5.41, 5.74) is 1.90. The van der Waals surface area contributed by atoms with E-state index >= 15 is 0 Å². The van der Waals surface area contributed by atoms with E-state index in [1.54, 1.807) is 6.92 Å². The molecule has 3 rings (SSSR count). The number of hydrogen-bond acceptors (Lipinski definition) is 3. The van der Waals surface area contributed by atoms with Gasteiger partial charge in [0.05, 0.1) is 6.04 Å². The van der Waals surface area contributed by atoms with Crippen molar-refractivity contribution in [2.75, 3.05) is 11.9 Å². The molecule has 5 nitrogen and oxygen atoms in total. The van der Waals surface area contributed by atoms with E-state index in [1.807, 2.05) is 29.2 Å². The van der Waals surface area contributed by atoms with Gasteiger partial charge in [-0.1, -0.05) is 12.1 Å². The molecule has 2 aliphatic rings. The minimum absolute atomic E-state index is 0.0357. The first-order valence-electron chi connectivity index (χ1n) is 8.04. The zero-order valence-electron chi connectivity index (χ0n) is 13.0. The summed E-state index contributed by atoms with van der Waals surface area (Å²) < 4.78 is 0. The Morgan fingerprint density at radius 3 is 2.50 bits per heavy atom. The molecular weight excluding hydrogens is 278 g/mol. The number of rotatable bonds is 5. The number of nitrogens with zero attached hydrogens (tertiary/aromatic N) is 1. The lowest BCUT2D eigenvalue weighted by molar-refractivity contribution is -0.130. The van der Waals surface area contributed by atoms with Crippen LogP contribution in [0.4, 0.5) is 5.69 Å². The molecule has 1 unspecified atom stereocenters. The Balaban J connectivity index is 1.57. The van der Waals surface area contributed by atoms with Crippen LogP contribution in [0.2, 0.25) is 0 Å². The molecule has 1 aromatic rings. The molecule has 1 saturated heterocycles. The number of nitrogens with one attached hydrogen (secondary N) is 2. The van der Waals surface area contributed by atoms with Gasteiger partial charge >= 0.3 is 0 Å². The van der Waals surface area contributed by atoms with Crippen LogP contribution in [0, 0.1) is 0 Å². The lowest BCUT2D eigenvalue weighted by atomic mass is 10.1. The summed E-state index contributed by atoms with van der Waals surface area (Å²) in [5, 5.41) is 6.13. The number of benzene rings is 1. The van der Waals surface area contributed by atoms with Gasteiger partial charge in [-0.25, -0.2) is 0 Å². The lowest BCUT2D eigenvalue weighted by Gasteiger charge is -2.20. The Morgan fingerprint density at radius 1 is 1.23 bits per heavy atom. The van der Waals surface area contributed by atoms with E-state index in [9.17, 15) is 9.59 Å². The molecule has 118 valence electrons. The second-order valence-corrected chi connectivity index (χ2v) is 6.21. The standard InChI is InChI=1S/C17H23N3O2/c1-12(21)20(15-8-9-15)11-13-4-6-14(7-5-13)19-17(22)16-3-2-10-18-16/h4-7,15-16,18H,2-3,8-11H2,1H3,(H,19,22). The van der Waals surface area contributed by atoms with Gasteiger partial charge in [0.2, 0.25) is 11.8 Å². The van der Waals surface area contributed by atoms with Crippen LogP contribution < -0.4 is 10.6 Å². The summed E-state index contributed by atoms with van der Waals surface area (Å²) in [6.07, 6.45) is 4.18. The Morgan fingerprint density at radius 2 is 1.95 bits per heavy atom. The predicted molar refractivity (Wildman–Crippen MR) is 85.3 cm³/mol. The van der Waals surface area contributed by atoms with Crippen molar-refractivity contribution in [3.63, 3.8) is 0 Å². The topological polar surface area (TPSA) is 61.4 Å². The summed E-state index contributed by atoms with van der Waals surface area (Å²) in [6.45, 7) is 3.19. The highest BCUT2D eigenvalue weighted by atomic mass is 16.2. The van der Waals surface area contributed by atoms with Crippen molar-refractivity contribution in [1.29, 1.82) is 0 Å². The molecule has 2 fully saturated rings. The molecule has 0 radical (unpaired) electrons. The molecule has 1 aliphatic heterocycles. The quantitative estimate of drug-likeness (QED) is 0.873. The summed E-state index contributed by atoms with van der Waals surface area (Å²) in [4.78, 5) is 25.6. The van der Waals surface area contributed by atoms with Crippen LogP contribution in [0.1, 0.15) is 38.2 Å². The second-order valence-electron chi connectivity index (χ2n) is 6.21. The van der Waals surface area contributed by atoms with Crippen LogP contribution in [-0.4, -0.2) is 35.3 Å². The molecule has 22 heavy (non-hydrogen) atoms. The molecule has 1 atom stereocenters. The largest absolute Gasteiger partial charge is 0.336 e. The number of carbonyl (C=O) groups is 2. The van der Waals surface area contributed by atoms with Crippen molar-refractivity contribution in [1.82, 2.24) is 10.2 Å². The number of amides is 2. The minimum Gasteiger partial charge on any atom is -0.336 e. The highest BCUT2D eigenvalue weighted by Crippen LogP contribution is 2.28. The number of carbonyl (C=O) groups excluding carboxylic acids is 2. The first-order valence-corrected chi connectivity index (χ1v) is 8.04. The lowest BCUT2D eigenvalue weighted by Crippen LogP contribution is -2.35. The van der Waals surface area contributed by atoms with Gasteiger partial charge in [-0.15, -0.1) is 0 Å². The van der Waals surface area contributed by atoms with Crippen molar-refractivity contribution in [3.8, 4) is 0 Å². The third-order valence-electron chi connectivity index (χ3n) is 4.34. The van der Waals surface area contributed by atoms with E-state index < -0.39 is 0 Å². The van der Waals surface area contributed by atoms with Gasteiger partial charge in [-0.05, 0) is 49.9 Å². The summed E-state index contributed by atoms with van der Waals surface area (Å²) in [7, 11) is 0. The van der Waals surface area contributed by atoms with Gasteiger partial charge in [0.25, 0.3) is 0 Å². The molecule has 0 aromatic heterocycles. The average Bonchev–Trinajstić information content (AvgIpc) is 3.18. The fourth-order valence-corrected chi connectivity index (χ4v) is 2.91. The van der Waals surface area contributed by atoms with Gasteiger partial charge in [0, 0.05) is 25.2 Å². The number of hydrogen-bond donors (Lipinski definition) is 2. The molecule has 1 aromatic carbocycles. The molecule has 1 heterocycles. The molecule has 2 N–H and O–H groups in total. The van der Waals surface area contributed by atoms with Gasteiger partial charge in [-0.2, -0.15) is 0 Å². The minimum atomic E-state index is -0.0669. The fraction of sp³-hybridized carbons (Fsp3) is 0.529. The van der Waals surface area contributed by atoms with Crippen LogP contribution in [0.3, 0.4) is 0 Å². The zero-order chi connectivity index (χ0) is 15.5. The monoisotopic (exact) mass is 301 g/mol. The van der Waals surface area contributed by atoms with E-state index in [2.05, 4.69) is 10.6 Å². The van der Waals surface area contributed by atoms with Gasteiger partial charge in [0.1, 0.15) is 0 Å². The van der Waals surface area contributed by atoms with Crippen molar-refractivity contribution in [2.24, 2.45) is 0 Å². The van der Waals surface area contributed by atoms with E-state index in [4.69, 9.17) is 0 Å². The molecular formula is C17H23N3O2. The van der Waals surface area contributed by atoms with Crippen molar-refractivity contribution >= 4 is 17.5 Å². The van der Waals surface area contributed by atoms with Crippen molar-refractivity contribution < 1.29 is 9.59 Å². The van der Waals surface area contributed by atoms with Crippen LogP contribution in [0.15, 0.2) is 24.3 Å². The Labute approximate surface area is 131 Å². The fourth-order valence-electron chi connectivity index (χ4n) is 2.91. The van der Waals surface area contributed by atoms with Crippen LogP contribution >= 0.6 is 0 Å². The maximum Gasteiger partial charge on any atom is 0.241 e. The number of anilines is 1. The zero-order valence-corrected chi connectivity index (χ0v) is 13.0. The highest BCUT2D eigenvalue weighted by Gasteiger charge is 2.30. The molecule has 2 amide bonds. The smallest absolute Gasteiger partial charge is 0.241 e. The highest BCUT2D eigenvalue weighted by molar-refractivity contribution is 5.95. The van der Waals surface area contributed by atoms with Crippen molar-refractivity contribution in [3.05, 3.63) is 29.8 Å². The predicted octanol–water partition coefficient (Wildman–Crippen LogP) is 1.89. The average molecular weight is 301 g/mol. The van der Waals surface area contributed by atoms with Gasteiger partial charge < -0.3 is 15.5 Å². The molecule has 0 spiro atoms. The van der Waals surface area contributed by atoms with E-state index in [0.29, 0.717) is 12.6 Å². The summed E-state index contributed by atoms with van der Waals surface area (Å²) >= 11 is 0. The van der Waals surface area contributed by atoms with E-state index in [0.717, 1.165) is 43.5 Å². The van der Waals surface area contributed by atoms with Crippen LogP contribution in [-0.2, 0) is 16.1 Å². The maximum atomic E-state index is 12.0. The molecule has 1 saturated carbocycles. The molecule has 0 bridgehead atoms. The summed E-state index contributed by atoms with van der Waals surface area (Å²) in [5.74, 6) is 0.167. The SMILES string of the molecule is CC(=O)N(Cc1ccc(NC(=O)C2CCCN2)cc1)C1CC1. The first kappa shape index (κ1) is 15.0. The van der Waals surface area contributed by atoms with Crippen LogP contribution in [0.25, 0.3) is 0 Å². The Kier molecular flexibility index (Phi) is 4.43. The third-order valence-corrected chi connectivity index (χ3v) is 4.34. The third kappa shape index (κ3) is 3.65. The Hall–Kier alpha value is -1.88. The van der Waals surface area contributed by atoms with Crippen molar-refractivity contribution in [2.45, 2.75) is 51.2 Å². The first-order chi connectivity index (χ1) is 10.6. The van der Waals surface area contributed by atoms with Gasteiger partial charge in [0.15, 0.2) is 0 Å². The summed E-state index contributed by atoms with van der Waals surface area (Å²) in [6, 6.07) is 8.14. The normalized spacial score (nSPS) is 20.7. The van der Waals surface area contributed by atoms with E-state index in [-0.39, 0.29) is 17.9 Å².